The first-order valence-electron chi connectivity index (χ1n) is 6.71. The van der Waals surface area contributed by atoms with Crippen LogP contribution in [0.5, 0.6) is 0 Å². The Hall–Kier alpha value is -1.92. The Morgan fingerprint density at radius 1 is 1.05 bits per heavy atom. The van der Waals surface area contributed by atoms with Crippen LogP contribution in [0.3, 0.4) is 0 Å². The SMILES string of the molecule is Cc1ccc(C(C#N)C(=O)c2cc(Br)ccc2C)cc1C. The highest BCUT2D eigenvalue weighted by atomic mass is 79.9. The Bertz CT molecular complexity index is 743. The third-order valence-corrected chi connectivity index (χ3v) is 4.21. The highest BCUT2D eigenvalue weighted by molar-refractivity contribution is 9.10. The van der Waals surface area contributed by atoms with Crippen LogP contribution in [-0.4, -0.2) is 5.78 Å². The van der Waals surface area contributed by atoms with Crippen molar-refractivity contribution in [1.29, 1.82) is 5.26 Å². The van der Waals surface area contributed by atoms with Gasteiger partial charge in [0, 0.05) is 10.0 Å². The molecule has 0 saturated carbocycles. The van der Waals surface area contributed by atoms with Crippen LogP contribution in [-0.2, 0) is 0 Å². The van der Waals surface area contributed by atoms with Gasteiger partial charge in [-0.25, -0.2) is 0 Å². The van der Waals surface area contributed by atoms with Crippen molar-refractivity contribution in [3.8, 4) is 6.07 Å². The normalized spacial score (nSPS) is 11.8. The number of nitriles is 1. The minimum atomic E-state index is -0.766. The number of Topliss-reactive ketones (excluding diaryl/α,β-unsaturated/α-hetero) is 1. The van der Waals surface area contributed by atoms with Crippen LogP contribution >= 0.6 is 15.9 Å². The molecule has 0 N–H and O–H groups in total. The number of benzene rings is 2. The zero-order valence-electron chi connectivity index (χ0n) is 12.3. The molecule has 0 aliphatic rings. The molecular formula is C18H16BrNO. The molecule has 0 aliphatic heterocycles. The van der Waals surface area contributed by atoms with Crippen LogP contribution in [0.1, 0.15) is 38.5 Å². The fourth-order valence-corrected chi connectivity index (χ4v) is 2.60. The maximum absolute atomic E-state index is 12.7. The lowest BCUT2D eigenvalue weighted by Gasteiger charge is -2.12. The van der Waals surface area contributed by atoms with E-state index in [1.807, 2.05) is 51.1 Å². The average Bonchev–Trinajstić information content (AvgIpc) is 2.46. The van der Waals surface area contributed by atoms with Crippen molar-refractivity contribution >= 4 is 21.7 Å². The molecule has 0 amide bonds. The minimum absolute atomic E-state index is 0.153. The van der Waals surface area contributed by atoms with E-state index in [2.05, 4.69) is 22.0 Å². The summed E-state index contributed by atoms with van der Waals surface area (Å²) in [7, 11) is 0. The molecule has 0 bridgehead atoms. The lowest BCUT2D eigenvalue weighted by atomic mass is 9.88. The van der Waals surface area contributed by atoms with Crippen LogP contribution in [0.4, 0.5) is 0 Å². The van der Waals surface area contributed by atoms with Crippen LogP contribution < -0.4 is 0 Å². The van der Waals surface area contributed by atoms with Crippen molar-refractivity contribution in [1.82, 2.24) is 0 Å². The van der Waals surface area contributed by atoms with Crippen molar-refractivity contribution in [2.75, 3.05) is 0 Å². The summed E-state index contributed by atoms with van der Waals surface area (Å²) in [4.78, 5) is 12.7. The average molecular weight is 342 g/mol. The van der Waals surface area contributed by atoms with Crippen LogP contribution in [0.25, 0.3) is 0 Å². The van der Waals surface area contributed by atoms with Gasteiger partial charge in [0.2, 0.25) is 0 Å². The van der Waals surface area contributed by atoms with Gasteiger partial charge in [0.25, 0.3) is 0 Å². The summed E-state index contributed by atoms with van der Waals surface area (Å²) in [5, 5.41) is 9.45. The molecular weight excluding hydrogens is 326 g/mol. The van der Waals surface area contributed by atoms with Crippen molar-refractivity contribution in [3.63, 3.8) is 0 Å². The molecule has 2 aromatic carbocycles. The molecule has 0 heterocycles. The highest BCUT2D eigenvalue weighted by Gasteiger charge is 2.23. The summed E-state index contributed by atoms with van der Waals surface area (Å²) in [5.74, 6) is -0.920. The van der Waals surface area contributed by atoms with Crippen molar-refractivity contribution < 1.29 is 4.79 Å². The third-order valence-electron chi connectivity index (χ3n) is 3.72. The van der Waals surface area contributed by atoms with E-state index in [9.17, 15) is 10.1 Å². The molecule has 0 spiro atoms. The van der Waals surface area contributed by atoms with Gasteiger partial charge in [-0.15, -0.1) is 0 Å². The third kappa shape index (κ3) is 3.22. The molecule has 0 aliphatic carbocycles. The molecule has 106 valence electrons. The second-order valence-electron chi connectivity index (χ2n) is 5.23. The number of aryl methyl sites for hydroxylation is 3. The van der Waals surface area contributed by atoms with Gasteiger partial charge in [0.05, 0.1) is 6.07 Å². The van der Waals surface area contributed by atoms with E-state index in [1.54, 1.807) is 6.07 Å². The van der Waals surface area contributed by atoms with Gasteiger partial charge in [-0.1, -0.05) is 40.2 Å². The maximum Gasteiger partial charge on any atom is 0.184 e. The summed E-state index contributed by atoms with van der Waals surface area (Å²) in [5.41, 5.74) is 4.47. The van der Waals surface area contributed by atoms with E-state index in [0.717, 1.165) is 26.7 Å². The Kier molecular flexibility index (Phi) is 4.59. The Morgan fingerprint density at radius 2 is 1.71 bits per heavy atom. The van der Waals surface area contributed by atoms with Crippen LogP contribution in [0.2, 0.25) is 0 Å². The van der Waals surface area contributed by atoms with E-state index >= 15 is 0 Å². The Morgan fingerprint density at radius 3 is 2.33 bits per heavy atom. The fraction of sp³-hybridized carbons (Fsp3) is 0.222. The smallest absolute Gasteiger partial charge is 0.184 e. The van der Waals surface area contributed by atoms with E-state index in [1.165, 1.54) is 0 Å². The monoisotopic (exact) mass is 341 g/mol. The summed E-state index contributed by atoms with van der Waals surface area (Å²) >= 11 is 3.38. The van der Waals surface area contributed by atoms with Crippen LogP contribution in [0.15, 0.2) is 40.9 Å². The zero-order valence-corrected chi connectivity index (χ0v) is 13.9. The highest BCUT2D eigenvalue weighted by Crippen LogP contribution is 2.26. The molecule has 2 rings (SSSR count). The molecule has 0 fully saturated rings. The van der Waals surface area contributed by atoms with Crippen molar-refractivity contribution in [2.24, 2.45) is 0 Å². The maximum atomic E-state index is 12.7. The Labute approximate surface area is 133 Å². The molecule has 0 radical (unpaired) electrons. The van der Waals surface area contributed by atoms with Gasteiger partial charge in [-0.3, -0.25) is 4.79 Å². The molecule has 21 heavy (non-hydrogen) atoms. The van der Waals surface area contributed by atoms with E-state index in [0.29, 0.717) is 5.56 Å². The van der Waals surface area contributed by atoms with Gasteiger partial charge < -0.3 is 0 Å². The second-order valence-corrected chi connectivity index (χ2v) is 6.14. The Balaban J connectivity index is 2.46. The molecule has 0 aromatic heterocycles. The fourth-order valence-electron chi connectivity index (χ4n) is 2.24. The summed E-state index contributed by atoms with van der Waals surface area (Å²) in [6.45, 7) is 5.89. The number of nitrogens with zero attached hydrogens (tertiary/aromatic N) is 1. The van der Waals surface area contributed by atoms with Gasteiger partial charge in [0.1, 0.15) is 5.92 Å². The van der Waals surface area contributed by atoms with E-state index < -0.39 is 5.92 Å². The van der Waals surface area contributed by atoms with Gasteiger partial charge in [0.15, 0.2) is 5.78 Å². The van der Waals surface area contributed by atoms with Gasteiger partial charge in [-0.2, -0.15) is 5.26 Å². The van der Waals surface area contributed by atoms with Gasteiger partial charge in [-0.05, 0) is 55.2 Å². The number of carbonyl (C=O) groups is 1. The number of carbonyl (C=O) groups excluding carboxylic acids is 1. The summed E-state index contributed by atoms with van der Waals surface area (Å²) in [6.07, 6.45) is 0. The summed E-state index contributed by atoms with van der Waals surface area (Å²) in [6, 6.07) is 13.4. The summed E-state index contributed by atoms with van der Waals surface area (Å²) < 4.78 is 0.841. The van der Waals surface area contributed by atoms with Crippen molar-refractivity contribution in [3.05, 3.63) is 68.7 Å². The zero-order chi connectivity index (χ0) is 15.6. The number of rotatable bonds is 3. The number of halogens is 1. The standard InChI is InChI=1S/C18H16BrNO/c1-11-4-6-14(8-13(11)3)17(10-20)18(21)16-9-15(19)7-5-12(16)2/h4-9,17H,1-3H3. The molecule has 2 nitrogen and oxygen atoms in total. The molecule has 1 unspecified atom stereocenters. The van der Waals surface area contributed by atoms with Gasteiger partial charge >= 0.3 is 0 Å². The lowest BCUT2D eigenvalue weighted by Crippen LogP contribution is -2.13. The van der Waals surface area contributed by atoms with Crippen LogP contribution in [0, 0.1) is 32.1 Å². The predicted molar refractivity (Wildman–Crippen MR) is 87.5 cm³/mol. The minimum Gasteiger partial charge on any atom is -0.292 e. The number of hydrogen-bond acceptors (Lipinski definition) is 2. The largest absolute Gasteiger partial charge is 0.292 e. The molecule has 2 aromatic rings. The number of hydrogen-bond donors (Lipinski definition) is 0. The van der Waals surface area contributed by atoms with Crippen molar-refractivity contribution in [2.45, 2.75) is 26.7 Å². The second kappa shape index (κ2) is 6.24. The number of ketones is 1. The molecule has 1 atom stereocenters. The first-order chi connectivity index (χ1) is 9.93. The molecule has 0 saturated heterocycles. The lowest BCUT2D eigenvalue weighted by molar-refractivity contribution is 0.0978. The quantitative estimate of drug-likeness (QED) is 0.747. The predicted octanol–water partition coefficient (Wildman–Crippen LogP) is 4.86. The van der Waals surface area contributed by atoms with E-state index in [4.69, 9.17) is 0 Å². The molecule has 3 heteroatoms. The van der Waals surface area contributed by atoms with E-state index in [-0.39, 0.29) is 5.78 Å². The first-order valence-corrected chi connectivity index (χ1v) is 7.50. The topological polar surface area (TPSA) is 40.9 Å². The first kappa shape index (κ1) is 15.5.